The molecule has 0 aromatic carbocycles. The van der Waals surface area contributed by atoms with Crippen LogP contribution >= 0.6 is 0 Å². The highest BCUT2D eigenvalue weighted by Gasteiger charge is 2.00. The van der Waals surface area contributed by atoms with Gasteiger partial charge in [-0.1, -0.05) is 6.08 Å². The second kappa shape index (κ2) is 7.39. The molecule has 80 valence electrons. The van der Waals surface area contributed by atoms with Gasteiger partial charge in [0.25, 0.3) is 0 Å². The zero-order chi connectivity index (χ0) is 11.7. The van der Waals surface area contributed by atoms with Crippen molar-refractivity contribution < 1.29 is 14.6 Å². The maximum atomic E-state index is 10.5. The normalized spacial score (nSPS) is 12.6. The van der Waals surface area contributed by atoms with Gasteiger partial charge in [-0.25, -0.2) is 0 Å². The predicted octanol–water partition coefficient (Wildman–Crippen LogP) is 2.02. The molecule has 0 radical (unpaired) electrons. The molecule has 0 aromatic heterocycles. The molecule has 4 heteroatoms. The van der Waals surface area contributed by atoms with Crippen LogP contribution in [0.2, 0.25) is 0 Å². The fourth-order valence-electron chi connectivity index (χ4n) is 0.924. The van der Waals surface area contributed by atoms with Crippen LogP contribution in [0, 0.1) is 11.3 Å². The fourth-order valence-corrected chi connectivity index (χ4v) is 0.924. The van der Waals surface area contributed by atoms with Gasteiger partial charge in [-0.3, -0.25) is 4.79 Å². The van der Waals surface area contributed by atoms with Crippen molar-refractivity contribution >= 4 is 5.97 Å². The third-order valence-electron chi connectivity index (χ3n) is 1.48. The number of hydrogen-bond acceptors (Lipinski definition) is 3. The first-order valence-electron chi connectivity index (χ1n) is 4.28. The summed E-state index contributed by atoms with van der Waals surface area (Å²) in [5, 5.41) is 17.0. The second-order valence-corrected chi connectivity index (χ2v) is 2.85. The molecule has 0 rings (SSSR count). The number of hydrogen-bond donors (Lipinski definition) is 1. The summed E-state index contributed by atoms with van der Waals surface area (Å²) in [6, 6.07) is 1.87. The van der Waals surface area contributed by atoms with Gasteiger partial charge in [0.2, 0.25) is 0 Å². The minimum Gasteiger partial charge on any atom is -0.504 e. The number of carbonyl (C=O) groups is 1. The van der Waals surface area contributed by atoms with Crippen LogP contribution in [0.5, 0.6) is 0 Å². The fraction of sp³-hybridized carbons (Fsp3) is 0.273. The standard InChI is InChI=1S/C11H13NO3/c1-9(3-5-12)7-10(4-6-15-2)8-11(13)14/h3-4,6-7H,8H2,1-2H3,(H,13,14)/b6-4+,9-3+,10-7+. The minimum atomic E-state index is -0.924. The van der Waals surface area contributed by atoms with Crippen molar-refractivity contribution in [3.8, 4) is 6.07 Å². The SMILES string of the molecule is CO/C=C/C(=C\C(C)=C\C#N)CC(=O)O. The van der Waals surface area contributed by atoms with Crippen LogP contribution < -0.4 is 0 Å². The molecular weight excluding hydrogens is 194 g/mol. The van der Waals surface area contributed by atoms with Crippen molar-refractivity contribution in [2.75, 3.05) is 7.11 Å². The predicted molar refractivity (Wildman–Crippen MR) is 55.9 cm³/mol. The smallest absolute Gasteiger partial charge is 0.307 e. The zero-order valence-electron chi connectivity index (χ0n) is 8.73. The number of aliphatic carboxylic acids is 1. The summed E-state index contributed by atoms with van der Waals surface area (Å²) >= 11 is 0. The summed E-state index contributed by atoms with van der Waals surface area (Å²) in [6.45, 7) is 1.73. The van der Waals surface area contributed by atoms with Crippen molar-refractivity contribution in [3.63, 3.8) is 0 Å². The van der Waals surface area contributed by atoms with Crippen molar-refractivity contribution in [2.24, 2.45) is 0 Å². The Bertz CT molecular complexity index is 345. The Morgan fingerprint density at radius 1 is 1.60 bits per heavy atom. The van der Waals surface area contributed by atoms with E-state index in [1.54, 1.807) is 19.1 Å². The molecule has 1 N–H and O–H groups in total. The number of nitriles is 1. The monoisotopic (exact) mass is 207 g/mol. The third-order valence-corrected chi connectivity index (χ3v) is 1.48. The quantitative estimate of drug-likeness (QED) is 0.425. The highest BCUT2D eigenvalue weighted by Crippen LogP contribution is 2.08. The first-order chi connectivity index (χ1) is 7.10. The Labute approximate surface area is 88.8 Å². The molecule has 15 heavy (non-hydrogen) atoms. The molecule has 0 aliphatic rings. The van der Waals surface area contributed by atoms with Gasteiger partial charge in [0.1, 0.15) is 0 Å². The number of carboxylic acids is 1. The lowest BCUT2D eigenvalue weighted by Crippen LogP contribution is -1.96. The first kappa shape index (κ1) is 13.0. The van der Waals surface area contributed by atoms with Gasteiger partial charge in [0.05, 0.1) is 25.9 Å². The molecule has 0 amide bonds. The van der Waals surface area contributed by atoms with Gasteiger partial charge >= 0.3 is 5.97 Å². The number of allylic oxidation sites excluding steroid dienone is 4. The average Bonchev–Trinajstić information content (AvgIpc) is 2.13. The van der Waals surface area contributed by atoms with Crippen LogP contribution in [0.4, 0.5) is 0 Å². The number of rotatable bonds is 5. The zero-order valence-corrected chi connectivity index (χ0v) is 8.73. The summed E-state index contributed by atoms with van der Waals surface area (Å²) in [7, 11) is 1.48. The van der Waals surface area contributed by atoms with Gasteiger partial charge in [-0.15, -0.1) is 0 Å². The van der Waals surface area contributed by atoms with E-state index in [0.717, 1.165) is 0 Å². The summed E-state index contributed by atoms with van der Waals surface area (Å²) in [4.78, 5) is 10.5. The van der Waals surface area contributed by atoms with Crippen LogP contribution in [-0.4, -0.2) is 18.2 Å². The van der Waals surface area contributed by atoms with Crippen LogP contribution in [0.15, 0.2) is 35.6 Å². The summed E-state index contributed by atoms with van der Waals surface area (Å²) < 4.78 is 4.70. The van der Waals surface area contributed by atoms with E-state index < -0.39 is 5.97 Å². The summed E-state index contributed by atoms with van der Waals surface area (Å²) in [5.41, 5.74) is 1.28. The topological polar surface area (TPSA) is 70.3 Å². The van der Waals surface area contributed by atoms with Crippen LogP contribution in [0.25, 0.3) is 0 Å². The third kappa shape index (κ3) is 7.08. The molecule has 0 saturated carbocycles. The lowest BCUT2D eigenvalue weighted by molar-refractivity contribution is -0.136. The van der Waals surface area contributed by atoms with Gasteiger partial charge in [-0.2, -0.15) is 5.26 Å². The van der Waals surface area contributed by atoms with Crippen molar-refractivity contribution in [1.29, 1.82) is 5.26 Å². The van der Waals surface area contributed by atoms with E-state index in [1.807, 2.05) is 6.07 Å². The van der Waals surface area contributed by atoms with Crippen molar-refractivity contribution in [1.82, 2.24) is 0 Å². The molecular formula is C11H13NO3. The average molecular weight is 207 g/mol. The number of carboxylic acid groups (broad SMARTS) is 1. The van der Waals surface area contributed by atoms with Crippen molar-refractivity contribution in [3.05, 3.63) is 35.6 Å². The minimum absolute atomic E-state index is 0.101. The van der Waals surface area contributed by atoms with E-state index in [4.69, 9.17) is 15.1 Å². The van der Waals surface area contributed by atoms with E-state index in [2.05, 4.69) is 0 Å². The van der Waals surface area contributed by atoms with E-state index >= 15 is 0 Å². The van der Waals surface area contributed by atoms with E-state index in [0.29, 0.717) is 11.1 Å². The Morgan fingerprint density at radius 2 is 2.27 bits per heavy atom. The Morgan fingerprint density at radius 3 is 2.73 bits per heavy atom. The van der Waals surface area contributed by atoms with Gasteiger partial charge in [0.15, 0.2) is 0 Å². The van der Waals surface area contributed by atoms with Gasteiger partial charge in [-0.05, 0) is 24.1 Å². The maximum Gasteiger partial charge on any atom is 0.307 e. The number of methoxy groups -OCH3 is 1. The van der Waals surface area contributed by atoms with Gasteiger partial charge in [0, 0.05) is 6.08 Å². The van der Waals surface area contributed by atoms with Crippen molar-refractivity contribution in [2.45, 2.75) is 13.3 Å². The second-order valence-electron chi connectivity index (χ2n) is 2.85. The molecule has 0 unspecified atom stereocenters. The van der Waals surface area contributed by atoms with E-state index in [1.165, 1.54) is 19.4 Å². The Kier molecular flexibility index (Phi) is 6.39. The first-order valence-corrected chi connectivity index (χ1v) is 4.28. The number of ether oxygens (including phenoxy) is 1. The molecule has 0 heterocycles. The lowest BCUT2D eigenvalue weighted by Gasteiger charge is -1.98. The highest BCUT2D eigenvalue weighted by molar-refractivity contribution is 5.71. The number of nitrogens with zero attached hydrogens (tertiary/aromatic N) is 1. The molecule has 0 aliphatic carbocycles. The van der Waals surface area contributed by atoms with E-state index in [9.17, 15) is 4.79 Å². The van der Waals surface area contributed by atoms with Crippen LogP contribution in [0.3, 0.4) is 0 Å². The maximum absolute atomic E-state index is 10.5. The molecule has 0 fully saturated rings. The molecule has 0 aliphatic heterocycles. The van der Waals surface area contributed by atoms with Crippen LogP contribution in [-0.2, 0) is 9.53 Å². The van der Waals surface area contributed by atoms with Gasteiger partial charge < -0.3 is 9.84 Å². The summed E-state index contributed by atoms with van der Waals surface area (Å²) in [5.74, 6) is -0.924. The molecule has 0 saturated heterocycles. The van der Waals surface area contributed by atoms with Crippen LogP contribution in [0.1, 0.15) is 13.3 Å². The Hall–Kier alpha value is -2.02. The lowest BCUT2D eigenvalue weighted by atomic mass is 10.1. The molecule has 0 aromatic rings. The molecule has 0 bridgehead atoms. The highest BCUT2D eigenvalue weighted by atomic mass is 16.5. The van der Waals surface area contributed by atoms with E-state index in [-0.39, 0.29) is 6.42 Å². The Balaban J connectivity index is 4.77. The molecule has 0 atom stereocenters. The molecule has 0 spiro atoms. The molecule has 4 nitrogen and oxygen atoms in total. The summed E-state index contributed by atoms with van der Waals surface area (Å²) in [6.07, 6.45) is 5.84. The largest absolute Gasteiger partial charge is 0.504 e.